The molecule has 0 aromatic carbocycles. The molecule has 13 heavy (non-hydrogen) atoms. The van der Waals surface area contributed by atoms with E-state index in [-0.39, 0.29) is 0 Å². The molecule has 0 bridgehead atoms. The summed E-state index contributed by atoms with van der Waals surface area (Å²) in [4.78, 5) is 2.30. The average molecular weight is 213 g/mol. The Morgan fingerprint density at radius 3 is 2.46 bits per heavy atom. The van der Waals surface area contributed by atoms with Crippen LogP contribution < -0.4 is 0 Å². The van der Waals surface area contributed by atoms with Crippen LogP contribution in [0.25, 0.3) is 0 Å². The van der Waals surface area contributed by atoms with Crippen molar-refractivity contribution in [3.8, 4) is 12.3 Å². The summed E-state index contributed by atoms with van der Waals surface area (Å²) in [6.07, 6.45) is 10.4. The summed E-state index contributed by atoms with van der Waals surface area (Å²) < 4.78 is 0.986. The Hall–Kier alpha value is -0.200. The fourth-order valence-corrected chi connectivity index (χ4v) is 2.38. The topological polar surface area (TPSA) is 3.24 Å². The van der Waals surface area contributed by atoms with E-state index in [9.17, 15) is 0 Å². The van der Waals surface area contributed by atoms with Crippen LogP contribution in [0.2, 0.25) is 0 Å². The lowest BCUT2D eigenvalue weighted by molar-refractivity contribution is 0.450. The Labute approximate surface area is 90.3 Å². The van der Waals surface area contributed by atoms with Crippen LogP contribution in [0, 0.1) is 12.3 Å². The quantitative estimate of drug-likeness (QED) is 0.487. The van der Waals surface area contributed by atoms with E-state index >= 15 is 0 Å². The molecule has 0 atom stereocenters. The largest absolute Gasteiger partial charge is 0.357 e. The van der Waals surface area contributed by atoms with Crippen molar-refractivity contribution < 1.29 is 0 Å². The zero-order valence-corrected chi connectivity index (χ0v) is 9.42. The molecule has 0 N–H and O–H groups in total. The molecule has 72 valence electrons. The van der Waals surface area contributed by atoms with Gasteiger partial charge in [0.25, 0.3) is 0 Å². The maximum absolute atomic E-state index is 5.29. The Morgan fingerprint density at radius 2 is 1.92 bits per heavy atom. The third-order valence-electron chi connectivity index (χ3n) is 2.14. The molecule has 3 heteroatoms. The minimum Gasteiger partial charge on any atom is -0.357 e. The second kappa shape index (κ2) is 6.28. The molecule has 0 aromatic rings. The Bertz CT molecular complexity index is 199. The molecule has 0 amide bonds. The summed E-state index contributed by atoms with van der Waals surface area (Å²) in [5.41, 5.74) is 0. The number of nitrogens with zero attached hydrogens (tertiary/aromatic N) is 1. The van der Waals surface area contributed by atoms with E-state index < -0.39 is 0 Å². The molecule has 1 aliphatic heterocycles. The highest BCUT2D eigenvalue weighted by Gasteiger charge is 2.11. The summed E-state index contributed by atoms with van der Waals surface area (Å²) in [5.74, 6) is 3.31. The molecule has 0 aromatic heterocycles. The molecule has 0 spiro atoms. The van der Waals surface area contributed by atoms with Gasteiger partial charge in [-0.3, -0.25) is 0 Å². The van der Waals surface area contributed by atoms with Crippen molar-refractivity contribution in [1.29, 1.82) is 0 Å². The second-order valence-corrected chi connectivity index (χ2v) is 4.77. The van der Waals surface area contributed by atoms with Crippen LogP contribution in [-0.2, 0) is 0 Å². The maximum atomic E-state index is 5.29. The number of thioether (sulfide) groups is 1. The fourth-order valence-electron chi connectivity index (χ4n) is 1.45. The molecule has 0 saturated carbocycles. The highest BCUT2D eigenvalue weighted by atomic mass is 32.2. The number of thiocarbonyl (C=S) groups is 1. The van der Waals surface area contributed by atoms with Crippen LogP contribution in [0.15, 0.2) is 0 Å². The number of hydrogen-bond donors (Lipinski definition) is 0. The number of rotatable bonds is 1. The van der Waals surface area contributed by atoms with Crippen LogP contribution in [0.4, 0.5) is 0 Å². The smallest absolute Gasteiger partial charge is 0.137 e. The van der Waals surface area contributed by atoms with Crippen LogP contribution >= 0.6 is 24.0 Å². The maximum Gasteiger partial charge on any atom is 0.137 e. The van der Waals surface area contributed by atoms with Crippen molar-refractivity contribution in [2.45, 2.75) is 25.7 Å². The first-order valence-electron chi connectivity index (χ1n) is 4.70. The van der Waals surface area contributed by atoms with Crippen LogP contribution in [0.5, 0.6) is 0 Å². The van der Waals surface area contributed by atoms with Gasteiger partial charge in [-0.1, -0.05) is 42.7 Å². The summed E-state index contributed by atoms with van der Waals surface area (Å²) in [7, 11) is 0. The van der Waals surface area contributed by atoms with E-state index in [2.05, 4.69) is 10.8 Å². The van der Waals surface area contributed by atoms with Crippen molar-refractivity contribution in [3.05, 3.63) is 0 Å². The zero-order valence-electron chi connectivity index (χ0n) is 7.79. The first-order valence-corrected chi connectivity index (χ1v) is 6.09. The third-order valence-corrected chi connectivity index (χ3v) is 3.57. The van der Waals surface area contributed by atoms with Gasteiger partial charge in [-0.15, -0.1) is 6.42 Å². The summed E-state index contributed by atoms with van der Waals surface area (Å²) >= 11 is 6.91. The molecule has 1 fully saturated rings. The molecule has 0 aliphatic carbocycles. The summed E-state index contributed by atoms with van der Waals surface area (Å²) in [6, 6.07) is 0. The van der Waals surface area contributed by atoms with Crippen LogP contribution in [0.3, 0.4) is 0 Å². The number of likely N-dealkylation sites (tertiary alicyclic amines) is 1. The molecule has 0 unspecified atom stereocenters. The molecule has 1 heterocycles. The van der Waals surface area contributed by atoms with Gasteiger partial charge in [-0.2, -0.15) is 0 Å². The predicted octanol–water partition coefficient (Wildman–Crippen LogP) is 2.51. The summed E-state index contributed by atoms with van der Waals surface area (Å²) in [5, 5.41) is 0. The number of hydrogen-bond acceptors (Lipinski definition) is 2. The molecular weight excluding hydrogens is 198 g/mol. The second-order valence-electron chi connectivity index (χ2n) is 3.16. The SMILES string of the molecule is C#CCSC(=S)N1CCCCCC1. The van der Waals surface area contributed by atoms with Gasteiger partial charge < -0.3 is 4.90 Å². The van der Waals surface area contributed by atoms with Gasteiger partial charge in [0.15, 0.2) is 0 Å². The molecule has 0 radical (unpaired) electrons. The van der Waals surface area contributed by atoms with Gasteiger partial charge in [0.05, 0.1) is 5.75 Å². The molecular formula is C10H15NS2. The first kappa shape index (κ1) is 10.9. The van der Waals surface area contributed by atoms with E-state index in [0.29, 0.717) is 5.75 Å². The lowest BCUT2D eigenvalue weighted by Gasteiger charge is -2.21. The van der Waals surface area contributed by atoms with Crippen LogP contribution in [0.1, 0.15) is 25.7 Å². The minimum atomic E-state index is 0.704. The Balaban J connectivity index is 2.31. The highest BCUT2D eigenvalue weighted by Crippen LogP contribution is 2.15. The monoisotopic (exact) mass is 213 g/mol. The van der Waals surface area contributed by atoms with E-state index in [1.807, 2.05) is 0 Å². The van der Waals surface area contributed by atoms with Gasteiger partial charge in [0.1, 0.15) is 4.32 Å². The van der Waals surface area contributed by atoms with Gasteiger partial charge in [-0.25, -0.2) is 0 Å². The molecule has 1 nitrogen and oxygen atoms in total. The predicted molar refractivity (Wildman–Crippen MR) is 63.9 cm³/mol. The Morgan fingerprint density at radius 1 is 1.31 bits per heavy atom. The van der Waals surface area contributed by atoms with Gasteiger partial charge in [0, 0.05) is 13.1 Å². The molecule has 1 saturated heterocycles. The van der Waals surface area contributed by atoms with E-state index in [1.165, 1.54) is 25.7 Å². The van der Waals surface area contributed by atoms with Crippen LogP contribution in [-0.4, -0.2) is 28.1 Å². The summed E-state index contributed by atoms with van der Waals surface area (Å²) in [6.45, 7) is 2.24. The third kappa shape index (κ3) is 4.02. The zero-order chi connectivity index (χ0) is 9.52. The standard InChI is InChI=1S/C10H15NS2/c1-2-9-13-10(12)11-7-5-3-4-6-8-11/h1H,3-9H2. The van der Waals surface area contributed by atoms with Crippen molar-refractivity contribution in [2.24, 2.45) is 0 Å². The highest BCUT2D eigenvalue weighted by molar-refractivity contribution is 8.23. The van der Waals surface area contributed by atoms with E-state index in [4.69, 9.17) is 18.6 Å². The normalized spacial score (nSPS) is 17.6. The van der Waals surface area contributed by atoms with Crippen molar-refractivity contribution in [2.75, 3.05) is 18.8 Å². The minimum absolute atomic E-state index is 0.704. The van der Waals surface area contributed by atoms with Crippen molar-refractivity contribution >= 4 is 28.3 Å². The average Bonchev–Trinajstić information content (AvgIpc) is 2.42. The number of terminal acetylenes is 1. The van der Waals surface area contributed by atoms with Crippen molar-refractivity contribution in [3.63, 3.8) is 0 Å². The molecule has 1 rings (SSSR count). The Kier molecular flexibility index (Phi) is 5.26. The van der Waals surface area contributed by atoms with Crippen molar-refractivity contribution in [1.82, 2.24) is 4.90 Å². The first-order chi connectivity index (χ1) is 6.34. The van der Waals surface area contributed by atoms with E-state index in [0.717, 1.165) is 17.4 Å². The van der Waals surface area contributed by atoms with Gasteiger partial charge in [0.2, 0.25) is 0 Å². The van der Waals surface area contributed by atoms with Gasteiger partial charge >= 0.3 is 0 Å². The van der Waals surface area contributed by atoms with E-state index in [1.54, 1.807) is 11.8 Å². The molecule has 1 aliphatic rings. The fraction of sp³-hybridized carbons (Fsp3) is 0.700. The lowest BCUT2D eigenvalue weighted by atomic mass is 10.2. The van der Waals surface area contributed by atoms with Gasteiger partial charge in [-0.05, 0) is 12.8 Å². The lowest BCUT2D eigenvalue weighted by Crippen LogP contribution is -2.28.